The molecule has 1 heteroatoms. The van der Waals surface area contributed by atoms with E-state index in [9.17, 15) is 0 Å². The maximum Gasteiger partial charge on any atom is 0.0361 e. The molecular weight excluding hydrogens is 729 g/mol. The molecule has 12 rings (SSSR count). The van der Waals surface area contributed by atoms with Crippen LogP contribution < -0.4 is 0 Å². The Morgan fingerprint density at radius 2 is 0.780 bits per heavy atom. The van der Waals surface area contributed by atoms with Gasteiger partial charge in [0.05, 0.1) is 0 Å². The second kappa shape index (κ2) is 13.8. The lowest BCUT2D eigenvalue weighted by atomic mass is 9.84. The SMILES string of the molecule is C1=CCCC(c2c3ccccc3c(-c3ccc(-c4ccc5c(-c6ccc7ccccc7c6)c6ccccc6c(-c6ccc7ccccc7c6)c5c4)s3)c3ccccc23)=C1. The van der Waals surface area contributed by atoms with Crippen LogP contribution in [0.1, 0.15) is 18.4 Å². The first kappa shape index (κ1) is 34.0. The van der Waals surface area contributed by atoms with Crippen molar-refractivity contribution in [2.75, 3.05) is 0 Å². The molecule has 0 unspecified atom stereocenters. The first-order valence-electron chi connectivity index (χ1n) is 20.6. The average molecular weight is 767 g/mol. The molecule has 0 saturated heterocycles. The van der Waals surface area contributed by atoms with Crippen molar-refractivity contribution in [3.05, 3.63) is 212 Å². The van der Waals surface area contributed by atoms with E-state index in [4.69, 9.17) is 0 Å². The van der Waals surface area contributed by atoms with Crippen molar-refractivity contribution in [3.8, 4) is 43.1 Å². The van der Waals surface area contributed by atoms with Gasteiger partial charge in [-0.25, -0.2) is 0 Å². The zero-order valence-electron chi connectivity index (χ0n) is 32.5. The first-order valence-corrected chi connectivity index (χ1v) is 21.5. The van der Waals surface area contributed by atoms with Gasteiger partial charge >= 0.3 is 0 Å². The van der Waals surface area contributed by atoms with Crippen LogP contribution in [0.4, 0.5) is 0 Å². The summed E-state index contributed by atoms with van der Waals surface area (Å²) in [5.41, 5.74) is 10.4. The Labute approximate surface area is 347 Å². The average Bonchev–Trinajstić information content (AvgIpc) is 3.79. The molecule has 0 atom stereocenters. The summed E-state index contributed by atoms with van der Waals surface area (Å²) < 4.78 is 0. The normalized spacial score (nSPS) is 13.0. The Kier molecular flexibility index (Phi) is 7.96. The Morgan fingerprint density at radius 3 is 1.34 bits per heavy atom. The minimum absolute atomic E-state index is 1.06. The van der Waals surface area contributed by atoms with Gasteiger partial charge in [-0.05, 0) is 147 Å². The summed E-state index contributed by atoms with van der Waals surface area (Å²) in [4.78, 5) is 2.56. The van der Waals surface area contributed by atoms with Crippen LogP contribution in [-0.4, -0.2) is 0 Å². The van der Waals surface area contributed by atoms with Crippen LogP contribution in [0.25, 0.3) is 113 Å². The van der Waals surface area contributed by atoms with Crippen LogP contribution in [-0.2, 0) is 0 Å². The van der Waals surface area contributed by atoms with E-state index in [1.54, 1.807) is 0 Å². The smallest absolute Gasteiger partial charge is 0.0361 e. The van der Waals surface area contributed by atoms with E-state index in [1.165, 1.54) is 119 Å². The molecule has 0 amide bonds. The number of fused-ring (bicyclic) bond motifs is 6. The quantitative estimate of drug-likeness (QED) is 0.153. The standard InChI is InChI=1S/C58H38S/c1-2-16-39(17-3-1)55-47-22-10-12-24-49(47)58(50-25-13-11-23-48(50)55)54-33-32-53(59-54)42-30-31-51-52(36-42)57(44-29-27-38-15-5-7-19-41(38)35-44)46-21-9-8-20-45(46)56(51)43-28-26-37-14-4-6-18-40(37)34-43/h1-2,4-16,18-36H,3,17H2. The molecule has 59 heavy (non-hydrogen) atoms. The summed E-state index contributed by atoms with van der Waals surface area (Å²) in [5.74, 6) is 0. The number of hydrogen-bond acceptors (Lipinski definition) is 1. The van der Waals surface area contributed by atoms with Crippen LogP contribution in [0.3, 0.4) is 0 Å². The van der Waals surface area contributed by atoms with E-state index in [-0.39, 0.29) is 0 Å². The molecule has 1 heterocycles. The molecular formula is C58H38S. The second-order valence-electron chi connectivity index (χ2n) is 15.8. The fourth-order valence-electron chi connectivity index (χ4n) is 9.82. The third-order valence-corrected chi connectivity index (χ3v) is 13.7. The fraction of sp³-hybridized carbons (Fsp3) is 0.0345. The lowest BCUT2D eigenvalue weighted by molar-refractivity contribution is 1.06. The van der Waals surface area contributed by atoms with E-state index in [2.05, 4.69) is 206 Å². The molecule has 276 valence electrons. The predicted molar refractivity (Wildman–Crippen MR) is 257 cm³/mol. The topological polar surface area (TPSA) is 0 Å². The molecule has 0 saturated carbocycles. The number of allylic oxidation sites excluding steroid dienone is 4. The molecule has 0 nitrogen and oxygen atoms in total. The summed E-state index contributed by atoms with van der Waals surface area (Å²) in [5, 5.41) is 15.4. The van der Waals surface area contributed by atoms with Crippen molar-refractivity contribution in [2.45, 2.75) is 12.8 Å². The highest BCUT2D eigenvalue weighted by Gasteiger charge is 2.21. The van der Waals surface area contributed by atoms with E-state index in [0.717, 1.165) is 12.8 Å². The Bertz CT molecular complexity index is 3500. The molecule has 0 bridgehead atoms. The summed E-state index contributed by atoms with van der Waals surface area (Å²) >= 11 is 1.90. The van der Waals surface area contributed by atoms with Gasteiger partial charge in [0.25, 0.3) is 0 Å². The van der Waals surface area contributed by atoms with Crippen LogP contribution >= 0.6 is 11.3 Å². The van der Waals surface area contributed by atoms with Crippen molar-refractivity contribution >= 4 is 81.5 Å². The highest BCUT2D eigenvalue weighted by Crippen LogP contribution is 2.49. The van der Waals surface area contributed by atoms with Gasteiger partial charge in [-0.3, -0.25) is 0 Å². The fourth-order valence-corrected chi connectivity index (χ4v) is 10.9. The van der Waals surface area contributed by atoms with Gasteiger partial charge in [0, 0.05) is 15.3 Å². The minimum Gasteiger partial charge on any atom is -0.135 e. The molecule has 0 spiro atoms. The molecule has 0 N–H and O–H groups in total. The molecule has 0 aliphatic heterocycles. The summed E-state index contributed by atoms with van der Waals surface area (Å²) in [6, 6.07) is 70.3. The second-order valence-corrected chi connectivity index (χ2v) is 16.9. The molecule has 1 aliphatic rings. The van der Waals surface area contributed by atoms with Gasteiger partial charge in [0.1, 0.15) is 0 Å². The van der Waals surface area contributed by atoms with Gasteiger partial charge < -0.3 is 0 Å². The molecule has 0 radical (unpaired) electrons. The van der Waals surface area contributed by atoms with E-state index in [1.807, 2.05) is 11.3 Å². The molecule has 1 aliphatic carbocycles. The van der Waals surface area contributed by atoms with Gasteiger partial charge in [-0.2, -0.15) is 0 Å². The largest absolute Gasteiger partial charge is 0.135 e. The zero-order chi connectivity index (χ0) is 38.9. The van der Waals surface area contributed by atoms with Crippen LogP contribution in [0.2, 0.25) is 0 Å². The summed E-state index contributed by atoms with van der Waals surface area (Å²) in [6.07, 6.45) is 8.97. The van der Waals surface area contributed by atoms with Gasteiger partial charge in [-0.15, -0.1) is 11.3 Å². The van der Waals surface area contributed by atoms with Gasteiger partial charge in [0.2, 0.25) is 0 Å². The van der Waals surface area contributed by atoms with Crippen molar-refractivity contribution in [1.29, 1.82) is 0 Å². The van der Waals surface area contributed by atoms with Gasteiger partial charge in [0.15, 0.2) is 0 Å². The monoisotopic (exact) mass is 766 g/mol. The maximum atomic E-state index is 2.47. The summed E-state index contributed by atoms with van der Waals surface area (Å²) in [6.45, 7) is 0. The van der Waals surface area contributed by atoms with Crippen molar-refractivity contribution in [1.82, 2.24) is 0 Å². The number of hydrogen-bond donors (Lipinski definition) is 0. The predicted octanol–water partition coefficient (Wildman–Crippen LogP) is 17.1. The number of thiophene rings is 1. The van der Waals surface area contributed by atoms with Crippen molar-refractivity contribution in [3.63, 3.8) is 0 Å². The Hall–Kier alpha value is -7.06. The van der Waals surface area contributed by atoms with Crippen LogP contribution in [0.5, 0.6) is 0 Å². The highest BCUT2D eigenvalue weighted by molar-refractivity contribution is 7.19. The van der Waals surface area contributed by atoms with Crippen LogP contribution in [0.15, 0.2) is 206 Å². The third-order valence-electron chi connectivity index (χ3n) is 12.5. The third kappa shape index (κ3) is 5.57. The molecule has 1 aromatic heterocycles. The van der Waals surface area contributed by atoms with Crippen molar-refractivity contribution in [2.24, 2.45) is 0 Å². The van der Waals surface area contributed by atoms with E-state index >= 15 is 0 Å². The number of benzene rings is 10. The van der Waals surface area contributed by atoms with Crippen LogP contribution in [0, 0.1) is 0 Å². The highest BCUT2D eigenvalue weighted by atomic mass is 32.1. The first-order chi connectivity index (χ1) is 29.3. The zero-order valence-corrected chi connectivity index (χ0v) is 33.3. The van der Waals surface area contributed by atoms with Crippen molar-refractivity contribution < 1.29 is 0 Å². The molecule has 11 aromatic rings. The maximum absolute atomic E-state index is 2.47. The van der Waals surface area contributed by atoms with Gasteiger partial charge in [-0.1, -0.05) is 176 Å². The lowest BCUT2D eigenvalue weighted by Crippen LogP contribution is -1.94. The Morgan fingerprint density at radius 1 is 0.322 bits per heavy atom. The lowest BCUT2D eigenvalue weighted by Gasteiger charge is -2.19. The Balaban J connectivity index is 1.10. The minimum atomic E-state index is 1.06. The molecule has 10 aromatic carbocycles. The van der Waals surface area contributed by atoms with E-state index in [0.29, 0.717) is 0 Å². The van der Waals surface area contributed by atoms with E-state index < -0.39 is 0 Å². The summed E-state index contributed by atoms with van der Waals surface area (Å²) in [7, 11) is 0. The molecule has 0 fully saturated rings. The number of rotatable bonds is 5.